The van der Waals surface area contributed by atoms with Gasteiger partial charge < -0.3 is 24.3 Å². The minimum absolute atomic E-state index is 0.721. The maximum Gasteiger partial charge on any atom is 0.194 e. The minimum atomic E-state index is 0.721. The van der Waals surface area contributed by atoms with Crippen LogP contribution in [0.3, 0.4) is 0 Å². The van der Waals surface area contributed by atoms with Gasteiger partial charge in [0.05, 0.1) is 14.2 Å². The van der Waals surface area contributed by atoms with Gasteiger partial charge in [-0.15, -0.1) is 0 Å². The number of hydrogen-bond acceptors (Lipinski definition) is 4. The predicted octanol–water partition coefficient (Wildman–Crippen LogP) is 3.39. The number of methoxy groups -OCH3 is 2. The average molecular weight is 434 g/mol. The van der Waals surface area contributed by atoms with Gasteiger partial charge in [-0.1, -0.05) is 24.3 Å². The van der Waals surface area contributed by atoms with Crippen LogP contribution in [0.1, 0.15) is 28.1 Å². The zero-order chi connectivity index (χ0) is 22.5. The summed E-state index contributed by atoms with van der Waals surface area (Å²) in [5.41, 5.74) is 5.03. The highest BCUT2D eigenvalue weighted by Crippen LogP contribution is 2.33. The molecule has 1 N–H and O–H groups in total. The van der Waals surface area contributed by atoms with E-state index in [0.717, 1.165) is 55.9 Å². The molecule has 1 aliphatic heterocycles. The van der Waals surface area contributed by atoms with E-state index < -0.39 is 0 Å². The Balaban J connectivity index is 1.42. The normalized spacial score (nSPS) is 13.6. The lowest BCUT2D eigenvalue weighted by Crippen LogP contribution is -2.43. The molecule has 1 aromatic heterocycles. The first kappa shape index (κ1) is 21.7. The van der Waals surface area contributed by atoms with Crippen LogP contribution in [0, 0.1) is 6.92 Å². The number of aryl methyl sites for hydroxylation is 1. The summed E-state index contributed by atoms with van der Waals surface area (Å²) < 4.78 is 13.1. The number of imidazole rings is 1. The number of aromatic nitrogens is 2. The Labute approximate surface area is 189 Å². The molecule has 0 saturated heterocycles. The number of ether oxygens (including phenoxy) is 2. The summed E-state index contributed by atoms with van der Waals surface area (Å²) in [6.07, 6.45) is 4.80. The van der Waals surface area contributed by atoms with Crippen LogP contribution in [-0.2, 0) is 26.1 Å². The monoisotopic (exact) mass is 433 g/mol. The molecule has 0 saturated carbocycles. The topological polar surface area (TPSA) is 63.9 Å². The quantitative estimate of drug-likeness (QED) is 0.477. The van der Waals surface area contributed by atoms with Gasteiger partial charge in [0.2, 0.25) is 0 Å². The van der Waals surface area contributed by atoms with E-state index in [9.17, 15) is 0 Å². The highest BCUT2D eigenvalue weighted by molar-refractivity contribution is 5.80. The molecule has 2 aromatic carbocycles. The van der Waals surface area contributed by atoms with Crippen molar-refractivity contribution in [1.29, 1.82) is 0 Å². The molecule has 2 heterocycles. The second-order valence-corrected chi connectivity index (χ2v) is 7.97. The van der Waals surface area contributed by atoms with Crippen LogP contribution >= 0.6 is 0 Å². The van der Waals surface area contributed by atoms with Crippen molar-refractivity contribution >= 4 is 5.96 Å². The first-order valence-electron chi connectivity index (χ1n) is 10.9. The van der Waals surface area contributed by atoms with E-state index in [1.54, 1.807) is 14.2 Å². The Morgan fingerprint density at radius 2 is 1.84 bits per heavy atom. The Morgan fingerprint density at radius 1 is 1.09 bits per heavy atom. The van der Waals surface area contributed by atoms with Crippen LogP contribution in [0.5, 0.6) is 11.5 Å². The van der Waals surface area contributed by atoms with Crippen molar-refractivity contribution in [1.82, 2.24) is 19.8 Å². The van der Waals surface area contributed by atoms with E-state index >= 15 is 0 Å². The van der Waals surface area contributed by atoms with Crippen LogP contribution in [0.25, 0.3) is 0 Å². The van der Waals surface area contributed by atoms with Gasteiger partial charge in [-0.05, 0) is 47.7 Å². The number of fused-ring (bicyclic) bond motifs is 1. The van der Waals surface area contributed by atoms with Gasteiger partial charge >= 0.3 is 0 Å². The van der Waals surface area contributed by atoms with Gasteiger partial charge in [-0.25, -0.2) is 4.98 Å². The molecule has 3 aromatic rings. The third-order valence-electron chi connectivity index (χ3n) is 5.95. The molecule has 7 nitrogen and oxygen atoms in total. The summed E-state index contributed by atoms with van der Waals surface area (Å²) in [4.78, 5) is 11.1. The first-order chi connectivity index (χ1) is 15.6. The molecule has 0 unspecified atom stereocenters. The minimum Gasteiger partial charge on any atom is -0.493 e. The molecule has 0 spiro atoms. The number of nitrogens with one attached hydrogen (secondary N) is 1. The lowest BCUT2D eigenvalue weighted by atomic mass is 9.99. The van der Waals surface area contributed by atoms with Gasteiger partial charge in [0.25, 0.3) is 0 Å². The molecule has 0 radical (unpaired) electrons. The molecule has 0 bridgehead atoms. The zero-order valence-electron chi connectivity index (χ0n) is 19.3. The maximum absolute atomic E-state index is 5.49. The SMILES string of the molecule is CN=C(NCc1cccc(Cn2ccnc2C)c1)N1CCc2cc(OC)c(OC)cc2C1. The number of guanidine groups is 1. The highest BCUT2D eigenvalue weighted by atomic mass is 16.5. The number of benzene rings is 2. The average Bonchev–Trinajstić information content (AvgIpc) is 3.22. The Hall–Kier alpha value is -3.48. The fourth-order valence-electron chi connectivity index (χ4n) is 4.18. The molecule has 4 rings (SSSR count). The number of hydrogen-bond donors (Lipinski definition) is 1. The van der Waals surface area contributed by atoms with Crippen LogP contribution in [0.4, 0.5) is 0 Å². The standard InChI is InChI=1S/C25H31N5O2/c1-18-27-9-11-29(18)16-20-7-5-6-19(12-20)15-28-25(26-2)30-10-8-21-13-23(31-3)24(32-4)14-22(21)17-30/h5-7,9,11-14H,8,10,15-17H2,1-4H3,(H,26,28). The number of aliphatic imine (C=N–C) groups is 1. The largest absolute Gasteiger partial charge is 0.493 e. The molecule has 1 aliphatic rings. The summed E-state index contributed by atoms with van der Waals surface area (Å²) in [5.74, 6) is 3.48. The Morgan fingerprint density at radius 3 is 2.53 bits per heavy atom. The van der Waals surface area contributed by atoms with Crippen LogP contribution < -0.4 is 14.8 Å². The van der Waals surface area contributed by atoms with Crippen molar-refractivity contribution in [3.63, 3.8) is 0 Å². The molecule has 7 heteroatoms. The van der Waals surface area contributed by atoms with Crippen molar-refractivity contribution in [2.24, 2.45) is 4.99 Å². The number of nitrogens with zero attached hydrogens (tertiary/aromatic N) is 4. The highest BCUT2D eigenvalue weighted by Gasteiger charge is 2.21. The van der Waals surface area contributed by atoms with E-state index in [1.807, 2.05) is 26.4 Å². The zero-order valence-corrected chi connectivity index (χ0v) is 19.3. The Bertz CT molecular complexity index is 1110. The van der Waals surface area contributed by atoms with Crippen molar-refractivity contribution in [2.75, 3.05) is 27.8 Å². The van der Waals surface area contributed by atoms with E-state index in [-0.39, 0.29) is 0 Å². The summed E-state index contributed by atoms with van der Waals surface area (Å²) in [6.45, 7) is 5.26. The molecule has 32 heavy (non-hydrogen) atoms. The van der Waals surface area contributed by atoms with Crippen molar-refractivity contribution in [3.8, 4) is 11.5 Å². The predicted molar refractivity (Wildman–Crippen MR) is 126 cm³/mol. The van der Waals surface area contributed by atoms with Crippen molar-refractivity contribution in [3.05, 3.63) is 76.9 Å². The van der Waals surface area contributed by atoms with Crippen LogP contribution in [0.2, 0.25) is 0 Å². The molecule has 0 atom stereocenters. The van der Waals surface area contributed by atoms with E-state index in [4.69, 9.17) is 9.47 Å². The Kier molecular flexibility index (Phi) is 6.63. The van der Waals surface area contributed by atoms with Crippen LogP contribution in [0.15, 0.2) is 53.8 Å². The summed E-state index contributed by atoms with van der Waals surface area (Å²) in [7, 11) is 5.19. The molecule has 0 amide bonds. The van der Waals surface area contributed by atoms with E-state index in [2.05, 4.69) is 61.2 Å². The van der Waals surface area contributed by atoms with Crippen LogP contribution in [-0.4, -0.2) is 48.2 Å². The van der Waals surface area contributed by atoms with Gasteiger partial charge in [0.15, 0.2) is 17.5 Å². The summed E-state index contributed by atoms with van der Waals surface area (Å²) >= 11 is 0. The second-order valence-electron chi connectivity index (χ2n) is 7.97. The lowest BCUT2D eigenvalue weighted by Gasteiger charge is -2.32. The molecular weight excluding hydrogens is 402 g/mol. The fraction of sp³-hybridized carbons (Fsp3) is 0.360. The van der Waals surface area contributed by atoms with E-state index in [1.165, 1.54) is 22.3 Å². The third kappa shape index (κ3) is 4.72. The second kappa shape index (κ2) is 9.77. The lowest BCUT2D eigenvalue weighted by molar-refractivity contribution is 0.346. The van der Waals surface area contributed by atoms with Gasteiger partial charge in [0, 0.05) is 45.6 Å². The fourth-order valence-corrected chi connectivity index (χ4v) is 4.18. The molecule has 168 valence electrons. The third-order valence-corrected chi connectivity index (χ3v) is 5.95. The van der Waals surface area contributed by atoms with Crippen molar-refractivity contribution in [2.45, 2.75) is 33.0 Å². The van der Waals surface area contributed by atoms with Gasteiger partial charge in [-0.3, -0.25) is 4.99 Å². The summed E-state index contributed by atoms with van der Waals surface area (Å²) in [6, 6.07) is 12.8. The summed E-state index contributed by atoms with van der Waals surface area (Å²) in [5, 5.41) is 3.54. The number of rotatable bonds is 6. The molecule has 0 aliphatic carbocycles. The smallest absolute Gasteiger partial charge is 0.194 e. The van der Waals surface area contributed by atoms with Gasteiger partial charge in [-0.2, -0.15) is 0 Å². The molecular formula is C25H31N5O2. The van der Waals surface area contributed by atoms with Crippen molar-refractivity contribution < 1.29 is 9.47 Å². The first-order valence-corrected chi connectivity index (χ1v) is 10.9. The maximum atomic E-state index is 5.49. The van der Waals surface area contributed by atoms with Gasteiger partial charge in [0.1, 0.15) is 5.82 Å². The van der Waals surface area contributed by atoms with E-state index in [0.29, 0.717) is 0 Å². The molecule has 0 fully saturated rings.